The van der Waals surface area contributed by atoms with Crippen molar-refractivity contribution in [3.8, 4) is 17.2 Å². The van der Waals surface area contributed by atoms with Gasteiger partial charge in [-0.2, -0.15) is 0 Å². The Morgan fingerprint density at radius 3 is 1.94 bits per heavy atom. The van der Waals surface area contributed by atoms with Crippen molar-refractivity contribution >= 4 is 11.0 Å². The predicted octanol–water partition coefficient (Wildman–Crippen LogP) is 8.78. The van der Waals surface area contributed by atoms with E-state index in [1.54, 1.807) is 6.07 Å². The lowest BCUT2D eigenvalue weighted by Crippen LogP contribution is -2.11. The van der Waals surface area contributed by atoms with Gasteiger partial charge in [-0.1, -0.05) is 90.0 Å². The summed E-state index contributed by atoms with van der Waals surface area (Å²) >= 11 is 0. The van der Waals surface area contributed by atoms with Crippen LogP contribution in [0.15, 0.2) is 51.7 Å². The van der Waals surface area contributed by atoms with Gasteiger partial charge < -0.3 is 18.6 Å². The van der Waals surface area contributed by atoms with Crippen LogP contribution in [0.3, 0.4) is 0 Å². The quantitative estimate of drug-likeness (QED) is 0.104. The SMILES string of the molecule is CCC=CCCOc1c(OCCC=CCC)c2ccc(OCCCCCCCCCC)cc2oc1=O. The van der Waals surface area contributed by atoms with E-state index in [1.165, 1.54) is 44.9 Å². The number of fused-ring (bicyclic) bond motifs is 1. The fraction of sp³-hybridized carbons (Fsp3) is 0.581. The van der Waals surface area contributed by atoms with E-state index in [2.05, 4.69) is 45.1 Å². The summed E-state index contributed by atoms with van der Waals surface area (Å²) in [6, 6.07) is 5.58. The molecule has 200 valence electrons. The molecule has 5 heteroatoms. The molecule has 0 amide bonds. The molecule has 1 aromatic heterocycles. The zero-order valence-electron chi connectivity index (χ0n) is 22.7. The molecule has 5 nitrogen and oxygen atoms in total. The standard InChI is InChI=1S/C31H46O5/c1-4-7-10-13-14-15-16-19-22-33-26-20-21-27-28(25-26)36-31(32)30(35-24-18-12-9-6-3)29(27)34-23-17-11-8-5-2/h8-9,11-12,20-21,25H,4-7,10,13-19,22-24H2,1-3H3. The molecule has 0 aliphatic heterocycles. The largest absolute Gasteiger partial charge is 0.493 e. The summed E-state index contributed by atoms with van der Waals surface area (Å²) in [5.41, 5.74) is -0.0768. The number of benzene rings is 1. The van der Waals surface area contributed by atoms with Crippen LogP contribution >= 0.6 is 0 Å². The van der Waals surface area contributed by atoms with E-state index >= 15 is 0 Å². The minimum absolute atomic E-state index is 0.138. The zero-order valence-corrected chi connectivity index (χ0v) is 22.7. The Bertz CT molecular complexity index is 973. The van der Waals surface area contributed by atoms with E-state index in [9.17, 15) is 4.79 Å². The third-order valence-electron chi connectivity index (χ3n) is 5.93. The summed E-state index contributed by atoms with van der Waals surface area (Å²) in [6.07, 6.45) is 21.8. The summed E-state index contributed by atoms with van der Waals surface area (Å²) in [7, 11) is 0. The maximum atomic E-state index is 12.8. The summed E-state index contributed by atoms with van der Waals surface area (Å²) in [5, 5.41) is 0.715. The van der Waals surface area contributed by atoms with Crippen molar-refractivity contribution in [2.24, 2.45) is 0 Å². The lowest BCUT2D eigenvalue weighted by atomic mass is 10.1. The third-order valence-corrected chi connectivity index (χ3v) is 5.93. The number of ether oxygens (including phenoxy) is 3. The van der Waals surface area contributed by atoms with Crippen LogP contribution in [-0.2, 0) is 0 Å². The Balaban J connectivity index is 2.03. The van der Waals surface area contributed by atoms with E-state index in [0.29, 0.717) is 42.3 Å². The van der Waals surface area contributed by atoms with Gasteiger partial charge in [0.2, 0.25) is 5.75 Å². The van der Waals surface area contributed by atoms with Crippen molar-refractivity contribution < 1.29 is 18.6 Å². The zero-order chi connectivity index (χ0) is 25.8. The average Bonchev–Trinajstić information content (AvgIpc) is 2.88. The second-order valence-corrected chi connectivity index (χ2v) is 9.06. The van der Waals surface area contributed by atoms with Crippen LogP contribution in [0.4, 0.5) is 0 Å². The Labute approximate surface area is 217 Å². The average molecular weight is 499 g/mol. The molecule has 0 saturated heterocycles. The first-order valence-corrected chi connectivity index (χ1v) is 14.0. The van der Waals surface area contributed by atoms with Gasteiger partial charge in [-0.25, -0.2) is 4.79 Å². The molecular weight excluding hydrogens is 452 g/mol. The van der Waals surface area contributed by atoms with Gasteiger partial charge in [0, 0.05) is 6.07 Å². The molecule has 1 heterocycles. The lowest BCUT2D eigenvalue weighted by molar-refractivity contribution is 0.265. The molecule has 2 aromatic rings. The highest BCUT2D eigenvalue weighted by molar-refractivity contribution is 5.86. The normalized spacial score (nSPS) is 11.6. The highest BCUT2D eigenvalue weighted by atomic mass is 16.5. The molecule has 2 rings (SSSR count). The van der Waals surface area contributed by atoms with Crippen molar-refractivity contribution in [1.82, 2.24) is 0 Å². The molecule has 0 radical (unpaired) electrons. The molecule has 1 aromatic carbocycles. The van der Waals surface area contributed by atoms with Crippen LogP contribution in [0.2, 0.25) is 0 Å². The lowest BCUT2D eigenvalue weighted by Gasteiger charge is -2.14. The first-order chi connectivity index (χ1) is 17.7. The summed E-state index contributed by atoms with van der Waals surface area (Å²) in [5.74, 6) is 1.28. The number of hydrogen-bond acceptors (Lipinski definition) is 5. The Hall–Kier alpha value is -2.69. The summed E-state index contributed by atoms with van der Waals surface area (Å²) in [4.78, 5) is 12.8. The topological polar surface area (TPSA) is 57.9 Å². The molecule has 0 spiro atoms. The smallest absolute Gasteiger partial charge is 0.383 e. The Kier molecular flexibility index (Phi) is 15.2. The van der Waals surface area contributed by atoms with Crippen LogP contribution in [0, 0.1) is 0 Å². The van der Waals surface area contributed by atoms with E-state index in [1.807, 2.05) is 12.1 Å². The number of rotatable bonds is 20. The second kappa shape index (κ2) is 18.6. The molecule has 0 fully saturated rings. The van der Waals surface area contributed by atoms with Crippen molar-refractivity contribution in [2.75, 3.05) is 19.8 Å². The Morgan fingerprint density at radius 2 is 1.31 bits per heavy atom. The molecule has 0 atom stereocenters. The van der Waals surface area contributed by atoms with E-state index < -0.39 is 5.63 Å². The second-order valence-electron chi connectivity index (χ2n) is 9.06. The predicted molar refractivity (Wildman–Crippen MR) is 150 cm³/mol. The molecule has 0 bridgehead atoms. The molecule has 0 unspecified atom stereocenters. The molecule has 0 aliphatic rings. The van der Waals surface area contributed by atoms with Crippen LogP contribution < -0.4 is 19.8 Å². The van der Waals surface area contributed by atoms with Crippen molar-refractivity contribution in [3.05, 3.63) is 52.9 Å². The fourth-order valence-corrected chi connectivity index (χ4v) is 3.95. The number of allylic oxidation sites excluding steroid dienone is 2. The van der Waals surface area contributed by atoms with Crippen LogP contribution in [0.1, 0.15) is 97.8 Å². The van der Waals surface area contributed by atoms with Gasteiger partial charge in [-0.3, -0.25) is 0 Å². The van der Waals surface area contributed by atoms with Crippen LogP contribution in [-0.4, -0.2) is 19.8 Å². The number of hydrogen-bond donors (Lipinski definition) is 0. The van der Waals surface area contributed by atoms with Gasteiger partial charge in [-0.05, 0) is 44.2 Å². The molecule has 0 N–H and O–H groups in total. The molecule has 0 aliphatic carbocycles. The summed E-state index contributed by atoms with van der Waals surface area (Å²) in [6.45, 7) is 7.93. The summed E-state index contributed by atoms with van der Waals surface area (Å²) < 4.78 is 23.5. The van der Waals surface area contributed by atoms with Gasteiger partial charge in [0.15, 0.2) is 5.75 Å². The van der Waals surface area contributed by atoms with Gasteiger partial charge in [-0.15, -0.1) is 0 Å². The monoisotopic (exact) mass is 498 g/mol. The van der Waals surface area contributed by atoms with Crippen molar-refractivity contribution in [1.29, 1.82) is 0 Å². The van der Waals surface area contributed by atoms with Crippen molar-refractivity contribution in [2.45, 2.75) is 97.8 Å². The van der Waals surface area contributed by atoms with Gasteiger partial charge in [0.1, 0.15) is 11.3 Å². The van der Waals surface area contributed by atoms with Gasteiger partial charge >= 0.3 is 5.63 Å². The van der Waals surface area contributed by atoms with Gasteiger partial charge in [0.25, 0.3) is 0 Å². The van der Waals surface area contributed by atoms with Gasteiger partial charge in [0.05, 0.1) is 25.2 Å². The van der Waals surface area contributed by atoms with Crippen LogP contribution in [0.25, 0.3) is 11.0 Å². The highest BCUT2D eigenvalue weighted by Gasteiger charge is 2.18. The molecule has 0 saturated carbocycles. The highest BCUT2D eigenvalue weighted by Crippen LogP contribution is 2.35. The molecular formula is C31H46O5. The maximum Gasteiger partial charge on any atom is 0.383 e. The van der Waals surface area contributed by atoms with E-state index in [-0.39, 0.29) is 5.75 Å². The minimum atomic E-state index is -0.527. The molecule has 36 heavy (non-hydrogen) atoms. The minimum Gasteiger partial charge on any atom is -0.493 e. The maximum absolute atomic E-state index is 12.8. The van der Waals surface area contributed by atoms with E-state index in [0.717, 1.165) is 32.1 Å². The van der Waals surface area contributed by atoms with E-state index in [4.69, 9.17) is 18.6 Å². The third kappa shape index (κ3) is 10.9. The van der Waals surface area contributed by atoms with Crippen LogP contribution in [0.5, 0.6) is 17.2 Å². The first kappa shape index (κ1) is 29.5. The number of unbranched alkanes of at least 4 members (excludes halogenated alkanes) is 7. The van der Waals surface area contributed by atoms with Crippen molar-refractivity contribution in [3.63, 3.8) is 0 Å². The fourth-order valence-electron chi connectivity index (χ4n) is 3.95. The Morgan fingerprint density at radius 1 is 0.694 bits per heavy atom. The first-order valence-electron chi connectivity index (χ1n) is 14.0.